The summed E-state index contributed by atoms with van der Waals surface area (Å²) < 4.78 is 24.3. The van der Waals surface area contributed by atoms with Crippen LogP contribution in [0.2, 0.25) is 0 Å². The largest absolute Gasteiger partial charge is 0.356 e. The third-order valence-corrected chi connectivity index (χ3v) is 4.15. The smallest absolute Gasteiger partial charge is 0.208 e. The van der Waals surface area contributed by atoms with Gasteiger partial charge >= 0.3 is 0 Å². The van der Waals surface area contributed by atoms with E-state index in [1.807, 2.05) is 0 Å². The average Bonchev–Trinajstić information content (AvgIpc) is 2.40. The molecule has 3 N–H and O–H groups in total. The van der Waals surface area contributed by atoms with Gasteiger partial charge in [-0.3, -0.25) is 4.99 Å². The molecule has 0 aliphatic carbocycles. The molecular weight excluding hydrogens is 427 g/mol. The van der Waals surface area contributed by atoms with E-state index in [1.54, 1.807) is 7.05 Å². The standard InChI is InChI=1S/C15H34N4O2S.HI/c1-6-7-8-10-15(2,3)13-18-14(16-4)17-11-9-12-19-22(5,20)21;/h19H,6-13H2,1-5H3,(H2,16,17,18);1H. The van der Waals surface area contributed by atoms with Crippen LogP contribution in [-0.4, -0.2) is 47.3 Å². The van der Waals surface area contributed by atoms with E-state index in [4.69, 9.17) is 0 Å². The molecule has 23 heavy (non-hydrogen) atoms. The van der Waals surface area contributed by atoms with Crippen molar-refractivity contribution in [2.45, 2.75) is 52.9 Å². The van der Waals surface area contributed by atoms with E-state index < -0.39 is 10.0 Å². The number of nitrogens with zero attached hydrogens (tertiary/aromatic N) is 1. The van der Waals surface area contributed by atoms with Crippen LogP contribution in [0.3, 0.4) is 0 Å². The summed E-state index contributed by atoms with van der Waals surface area (Å²) in [5, 5.41) is 6.54. The van der Waals surface area contributed by atoms with Gasteiger partial charge in [0.1, 0.15) is 0 Å². The Balaban J connectivity index is 0. The van der Waals surface area contributed by atoms with E-state index in [9.17, 15) is 8.42 Å². The van der Waals surface area contributed by atoms with Gasteiger partial charge in [0, 0.05) is 26.7 Å². The second-order valence-electron chi connectivity index (χ2n) is 6.49. The minimum atomic E-state index is -3.09. The van der Waals surface area contributed by atoms with Gasteiger partial charge in [0.25, 0.3) is 0 Å². The topological polar surface area (TPSA) is 82.6 Å². The molecule has 0 unspecified atom stereocenters. The molecule has 0 bridgehead atoms. The zero-order chi connectivity index (χ0) is 17.1. The fourth-order valence-electron chi connectivity index (χ4n) is 2.04. The van der Waals surface area contributed by atoms with E-state index >= 15 is 0 Å². The van der Waals surface area contributed by atoms with Gasteiger partial charge < -0.3 is 10.6 Å². The minimum Gasteiger partial charge on any atom is -0.356 e. The molecule has 0 aromatic carbocycles. The highest BCUT2D eigenvalue weighted by Crippen LogP contribution is 2.22. The van der Waals surface area contributed by atoms with Crippen LogP contribution in [0.15, 0.2) is 4.99 Å². The molecule has 0 rings (SSSR count). The molecular formula is C15H35IN4O2S. The van der Waals surface area contributed by atoms with Crippen molar-refractivity contribution in [3.05, 3.63) is 0 Å². The number of nitrogens with one attached hydrogen (secondary N) is 3. The SMILES string of the molecule is CCCCCC(C)(C)CNC(=NC)NCCCNS(C)(=O)=O.I. The molecule has 0 radical (unpaired) electrons. The minimum absolute atomic E-state index is 0. The van der Waals surface area contributed by atoms with Gasteiger partial charge in [-0.2, -0.15) is 0 Å². The number of aliphatic imine (C=N–C) groups is 1. The highest BCUT2D eigenvalue weighted by Gasteiger charge is 2.17. The van der Waals surface area contributed by atoms with Crippen molar-refractivity contribution in [2.24, 2.45) is 10.4 Å². The molecule has 0 saturated heterocycles. The van der Waals surface area contributed by atoms with Gasteiger partial charge in [0.15, 0.2) is 5.96 Å². The van der Waals surface area contributed by atoms with Gasteiger partial charge in [-0.15, -0.1) is 24.0 Å². The molecule has 0 aromatic heterocycles. The lowest BCUT2D eigenvalue weighted by Crippen LogP contribution is -2.42. The summed E-state index contributed by atoms with van der Waals surface area (Å²) in [6, 6.07) is 0. The van der Waals surface area contributed by atoms with Crippen LogP contribution < -0.4 is 15.4 Å². The maximum atomic E-state index is 10.9. The zero-order valence-corrected chi connectivity index (χ0v) is 18.4. The Hall–Kier alpha value is -0.0900. The van der Waals surface area contributed by atoms with Crippen LogP contribution in [0.4, 0.5) is 0 Å². The predicted octanol–water partition coefficient (Wildman–Crippen LogP) is 2.32. The summed E-state index contributed by atoms with van der Waals surface area (Å²) in [4.78, 5) is 4.19. The number of hydrogen-bond donors (Lipinski definition) is 3. The lowest BCUT2D eigenvalue weighted by atomic mass is 9.87. The predicted molar refractivity (Wildman–Crippen MR) is 110 cm³/mol. The van der Waals surface area contributed by atoms with Crippen LogP contribution in [0.25, 0.3) is 0 Å². The van der Waals surface area contributed by atoms with Crippen molar-refractivity contribution in [2.75, 3.05) is 32.9 Å². The Morgan fingerprint density at radius 1 is 1.09 bits per heavy atom. The van der Waals surface area contributed by atoms with Gasteiger partial charge in [-0.05, 0) is 18.3 Å². The molecule has 0 atom stereocenters. The van der Waals surface area contributed by atoms with E-state index in [-0.39, 0.29) is 29.4 Å². The first-order chi connectivity index (χ1) is 10.2. The van der Waals surface area contributed by atoms with E-state index in [0.717, 1.165) is 12.5 Å². The van der Waals surface area contributed by atoms with Crippen molar-refractivity contribution in [3.8, 4) is 0 Å². The molecule has 6 nitrogen and oxygen atoms in total. The Labute approximate surface area is 159 Å². The molecule has 0 aliphatic heterocycles. The third kappa shape index (κ3) is 16.5. The summed E-state index contributed by atoms with van der Waals surface area (Å²) >= 11 is 0. The van der Waals surface area contributed by atoms with E-state index in [2.05, 4.69) is 41.1 Å². The third-order valence-electron chi connectivity index (χ3n) is 3.43. The zero-order valence-electron chi connectivity index (χ0n) is 15.2. The fraction of sp³-hybridized carbons (Fsp3) is 0.933. The number of rotatable bonds is 11. The quantitative estimate of drug-likeness (QED) is 0.191. The van der Waals surface area contributed by atoms with Crippen LogP contribution >= 0.6 is 24.0 Å². The normalized spacial score (nSPS) is 12.7. The molecule has 8 heteroatoms. The second kappa shape index (κ2) is 13.2. The number of unbranched alkanes of at least 4 members (excludes halogenated alkanes) is 2. The molecule has 0 fully saturated rings. The Morgan fingerprint density at radius 3 is 2.26 bits per heavy atom. The summed E-state index contributed by atoms with van der Waals surface area (Å²) in [6.45, 7) is 8.73. The Bertz CT molecular complexity index is 425. The highest BCUT2D eigenvalue weighted by molar-refractivity contribution is 14.0. The first-order valence-corrected chi connectivity index (χ1v) is 9.98. The molecule has 140 valence electrons. The number of guanidine groups is 1. The lowest BCUT2D eigenvalue weighted by molar-refractivity contribution is 0.318. The molecule has 0 aliphatic rings. The van der Waals surface area contributed by atoms with Gasteiger partial charge in [0.05, 0.1) is 6.26 Å². The van der Waals surface area contributed by atoms with Crippen molar-refractivity contribution in [1.29, 1.82) is 0 Å². The summed E-state index contributed by atoms with van der Waals surface area (Å²) in [5.74, 6) is 0.767. The first-order valence-electron chi connectivity index (χ1n) is 8.09. The molecule has 0 spiro atoms. The highest BCUT2D eigenvalue weighted by atomic mass is 127. The van der Waals surface area contributed by atoms with Gasteiger partial charge in [-0.25, -0.2) is 13.1 Å². The maximum absolute atomic E-state index is 10.9. The van der Waals surface area contributed by atoms with Crippen LogP contribution in [0.5, 0.6) is 0 Å². The van der Waals surface area contributed by atoms with Gasteiger partial charge in [0.2, 0.25) is 10.0 Å². The van der Waals surface area contributed by atoms with Crippen LogP contribution in [-0.2, 0) is 10.0 Å². The second-order valence-corrected chi connectivity index (χ2v) is 8.33. The van der Waals surface area contributed by atoms with E-state index in [0.29, 0.717) is 19.5 Å². The first kappa shape index (κ1) is 25.2. The summed E-state index contributed by atoms with van der Waals surface area (Å²) in [7, 11) is -1.35. The lowest BCUT2D eigenvalue weighted by Gasteiger charge is -2.26. The number of sulfonamides is 1. The van der Waals surface area contributed by atoms with E-state index in [1.165, 1.54) is 31.9 Å². The molecule has 0 saturated carbocycles. The summed E-state index contributed by atoms with van der Waals surface area (Å²) in [5.41, 5.74) is 0.241. The summed E-state index contributed by atoms with van der Waals surface area (Å²) in [6.07, 6.45) is 6.87. The average molecular weight is 462 g/mol. The molecule has 0 aromatic rings. The Morgan fingerprint density at radius 2 is 1.74 bits per heavy atom. The fourth-order valence-corrected chi connectivity index (χ4v) is 2.55. The maximum Gasteiger partial charge on any atom is 0.208 e. The number of hydrogen-bond acceptors (Lipinski definition) is 3. The van der Waals surface area contributed by atoms with Crippen LogP contribution in [0, 0.1) is 5.41 Å². The van der Waals surface area contributed by atoms with Gasteiger partial charge in [-0.1, -0.05) is 40.0 Å². The Kier molecular flexibility index (Phi) is 14.5. The van der Waals surface area contributed by atoms with Crippen molar-refractivity contribution in [3.63, 3.8) is 0 Å². The van der Waals surface area contributed by atoms with Crippen molar-refractivity contribution >= 4 is 40.0 Å². The van der Waals surface area contributed by atoms with Crippen molar-refractivity contribution in [1.82, 2.24) is 15.4 Å². The van der Waals surface area contributed by atoms with Crippen molar-refractivity contribution < 1.29 is 8.42 Å². The van der Waals surface area contributed by atoms with Crippen LogP contribution in [0.1, 0.15) is 52.9 Å². The molecule has 0 amide bonds. The number of halogens is 1. The monoisotopic (exact) mass is 462 g/mol. The molecule has 0 heterocycles.